The highest BCUT2D eigenvalue weighted by Gasteiger charge is 2.12. The molecule has 0 radical (unpaired) electrons. The summed E-state index contributed by atoms with van der Waals surface area (Å²) >= 11 is 6.13. The quantitative estimate of drug-likeness (QED) is 0.696. The Labute approximate surface area is 156 Å². The average molecular weight is 369 g/mol. The Kier molecular flexibility index (Phi) is 5.34. The summed E-state index contributed by atoms with van der Waals surface area (Å²) in [6, 6.07) is 14.3. The molecule has 0 fully saturated rings. The van der Waals surface area contributed by atoms with Gasteiger partial charge in [0, 0.05) is 16.8 Å². The summed E-state index contributed by atoms with van der Waals surface area (Å²) in [5.74, 6) is 0.709. The number of benzene rings is 2. The minimum atomic E-state index is -0.359. The highest BCUT2D eigenvalue weighted by molar-refractivity contribution is 6.31. The molecule has 1 heterocycles. The Hall–Kier alpha value is -3.12. The second-order valence-electron chi connectivity index (χ2n) is 5.48. The van der Waals surface area contributed by atoms with E-state index >= 15 is 0 Å². The lowest BCUT2D eigenvalue weighted by molar-refractivity contribution is 0.102. The second kappa shape index (κ2) is 7.84. The van der Waals surface area contributed by atoms with Gasteiger partial charge in [0.05, 0.1) is 12.8 Å². The van der Waals surface area contributed by atoms with Crippen molar-refractivity contribution in [3.05, 3.63) is 71.1 Å². The number of carbonyl (C=O) groups excluding carboxylic acids is 1. The topological polar surface area (TPSA) is 76.1 Å². The first-order chi connectivity index (χ1) is 12.6. The molecule has 0 atom stereocenters. The van der Waals surface area contributed by atoms with Crippen LogP contribution in [-0.2, 0) is 0 Å². The number of para-hydroxylation sites is 2. The largest absolute Gasteiger partial charge is 0.495 e. The molecule has 0 aliphatic carbocycles. The molecule has 3 rings (SSSR count). The molecular formula is C19H17ClN4O2. The van der Waals surface area contributed by atoms with E-state index in [0.717, 1.165) is 11.3 Å². The molecule has 1 amide bonds. The van der Waals surface area contributed by atoms with E-state index in [1.165, 1.54) is 6.33 Å². The van der Waals surface area contributed by atoms with Crippen LogP contribution in [0.3, 0.4) is 0 Å². The third kappa shape index (κ3) is 3.92. The monoisotopic (exact) mass is 368 g/mol. The summed E-state index contributed by atoms with van der Waals surface area (Å²) in [6.45, 7) is 1.90. The third-order valence-electron chi connectivity index (χ3n) is 3.79. The van der Waals surface area contributed by atoms with Crippen LogP contribution < -0.4 is 15.4 Å². The number of amides is 1. The minimum Gasteiger partial charge on any atom is -0.495 e. The van der Waals surface area contributed by atoms with Crippen LogP contribution in [0.5, 0.6) is 5.75 Å². The van der Waals surface area contributed by atoms with Gasteiger partial charge in [-0.25, -0.2) is 9.97 Å². The second-order valence-corrected chi connectivity index (χ2v) is 5.89. The van der Waals surface area contributed by atoms with E-state index in [4.69, 9.17) is 16.3 Å². The fourth-order valence-electron chi connectivity index (χ4n) is 2.36. The van der Waals surface area contributed by atoms with Gasteiger partial charge in [0.1, 0.15) is 23.6 Å². The van der Waals surface area contributed by atoms with Gasteiger partial charge in [-0.2, -0.15) is 0 Å². The summed E-state index contributed by atoms with van der Waals surface area (Å²) in [7, 11) is 1.55. The number of nitrogens with one attached hydrogen (secondary N) is 2. The maximum atomic E-state index is 12.5. The Morgan fingerprint density at radius 3 is 2.65 bits per heavy atom. The molecule has 26 heavy (non-hydrogen) atoms. The van der Waals surface area contributed by atoms with Gasteiger partial charge in [0.2, 0.25) is 0 Å². The van der Waals surface area contributed by atoms with Gasteiger partial charge >= 0.3 is 0 Å². The van der Waals surface area contributed by atoms with Crippen LogP contribution in [-0.4, -0.2) is 23.0 Å². The summed E-state index contributed by atoms with van der Waals surface area (Å²) in [4.78, 5) is 20.7. The lowest BCUT2D eigenvalue weighted by atomic mass is 10.2. The Balaban J connectivity index is 1.80. The number of anilines is 3. The summed E-state index contributed by atoms with van der Waals surface area (Å²) in [5.41, 5.74) is 2.51. The van der Waals surface area contributed by atoms with Crippen LogP contribution in [0.4, 0.5) is 17.2 Å². The molecule has 0 unspecified atom stereocenters. The van der Waals surface area contributed by atoms with Crippen molar-refractivity contribution in [1.82, 2.24) is 9.97 Å². The number of halogens is 1. The Morgan fingerprint density at radius 2 is 1.85 bits per heavy atom. The van der Waals surface area contributed by atoms with Gasteiger partial charge in [0.25, 0.3) is 5.91 Å². The van der Waals surface area contributed by atoms with Crippen molar-refractivity contribution in [3.63, 3.8) is 0 Å². The molecular weight excluding hydrogens is 352 g/mol. The number of ether oxygens (including phenoxy) is 1. The average Bonchev–Trinajstić information content (AvgIpc) is 2.66. The van der Waals surface area contributed by atoms with Crippen molar-refractivity contribution in [1.29, 1.82) is 0 Å². The van der Waals surface area contributed by atoms with Gasteiger partial charge in [-0.3, -0.25) is 4.79 Å². The van der Waals surface area contributed by atoms with Crippen LogP contribution in [0.1, 0.15) is 16.1 Å². The van der Waals surface area contributed by atoms with Crippen molar-refractivity contribution >= 4 is 34.7 Å². The fourth-order valence-corrected chi connectivity index (χ4v) is 2.54. The maximum absolute atomic E-state index is 12.5. The first-order valence-corrected chi connectivity index (χ1v) is 8.25. The van der Waals surface area contributed by atoms with E-state index in [1.807, 2.05) is 37.3 Å². The minimum absolute atomic E-state index is 0.230. The van der Waals surface area contributed by atoms with Crippen LogP contribution >= 0.6 is 11.6 Å². The number of hydrogen-bond acceptors (Lipinski definition) is 5. The smallest absolute Gasteiger partial charge is 0.274 e. The molecule has 132 valence electrons. The highest BCUT2D eigenvalue weighted by atomic mass is 35.5. The highest BCUT2D eigenvalue weighted by Crippen LogP contribution is 2.26. The Bertz CT molecular complexity index is 946. The zero-order valence-electron chi connectivity index (χ0n) is 14.3. The maximum Gasteiger partial charge on any atom is 0.274 e. The lowest BCUT2D eigenvalue weighted by Gasteiger charge is -2.11. The van der Waals surface area contributed by atoms with Crippen LogP contribution in [0.15, 0.2) is 54.9 Å². The molecule has 0 bridgehead atoms. The fraction of sp³-hybridized carbons (Fsp3) is 0.105. The van der Waals surface area contributed by atoms with Gasteiger partial charge in [-0.05, 0) is 36.8 Å². The SMILES string of the molecule is COc1ccccc1NC(=O)c1cc(Nc2cccc(Cl)c2C)ncn1. The van der Waals surface area contributed by atoms with Crippen LogP contribution in [0.2, 0.25) is 5.02 Å². The molecule has 1 aromatic heterocycles. The Morgan fingerprint density at radius 1 is 1.08 bits per heavy atom. The molecule has 0 saturated carbocycles. The van der Waals surface area contributed by atoms with E-state index in [2.05, 4.69) is 20.6 Å². The van der Waals surface area contributed by atoms with Gasteiger partial charge in [-0.1, -0.05) is 29.8 Å². The normalized spacial score (nSPS) is 10.3. The number of aromatic nitrogens is 2. The predicted octanol–water partition coefficient (Wildman–Crippen LogP) is 4.44. The standard InChI is InChI=1S/C19H17ClN4O2/c1-12-13(20)6-5-8-14(12)23-18-10-16(21-11-22-18)19(25)24-15-7-3-4-9-17(15)26-2/h3-11H,1-2H3,(H,24,25)(H,21,22,23). The molecule has 6 nitrogen and oxygen atoms in total. The van der Waals surface area contributed by atoms with Gasteiger partial charge in [-0.15, -0.1) is 0 Å². The van der Waals surface area contributed by atoms with E-state index in [-0.39, 0.29) is 11.6 Å². The molecule has 3 aromatic rings. The van der Waals surface area contributed by atoms with E-state index in [9.17, 15) is 4.79 Å². The van der Waals surface area contributed by atoms with Crippen molar-refractivity contribution in [3.8, 4) is 5.75 Å². The summed E-state index contributed by atoms with van der Waals surface area (Å²) in [6.07, 6.45) is 1.33. The molecule has 0 aliphatic rings. The van der Waals surface area contributed by atoms with Crippen molar-refractivity contribution < 1.29 is 9.53 Å². The van der Waals surface area contributed by atoms with Crippen molar-refractivity contribution in [2.75, 3.05) is 17.7 Å². The number of carbonyl (C=O) groups is 1. The van der Waals surface area contributed by atoms with E-state index in [0.29, 0.717) is 22.3 Å². The summed E-state index contributed by atoms with van der Waals surface area (Å²) < 4.78 is 5.24. The number of methoxy groups -OCH3 is 1. The third-order valence-corrected chi connectivity index (χ3v) is 4.19. The molecule has 0 aliphatic heterocycles. The van der Waals surface area contributed by atoms with E-state index < -0.39 is 0 Å². The van der Waals surface area contributed by atoms with Crippen LogP contribution in [0, 0.1) is 6.92 Å². The molecule has 0 spiro atoms. The van der Waals surface area contributed by atoms with E-state index in [1.54, 1.807) is 25.3 Å². The zero-order chi connectivity index (χ0) is 18.5. The lowest BCUT2D eigenvalue weighted by Crippen LogP contribution is -2.15. The van der Waals surface area contributed by atoms with Crippen molar-refractivity contribution in [2.24, 2.45) is 0 Å². The first kappa shape index (κ1) is 17.7. The van der Waals surface area contributed by atoms with Crippen molar-refractivity contribution in [2.45, 2.75) is 6.92 Å². The molecule has 0 saturated heterocycles. The molecule has 2 aromatic carbocycles. The molecule has 7 heteroatoms. The van der Waals surface area contributed by atoms with Crippen LogP contribution in [0.25, 0.3) is 0 Å². The predicted molar refractivity (Wildman–Crippen MR) is 102 cm³/mol. The summed E-state index contributed by atoms with van der Waals surface area (Å²) in [5, 5.41) is 6.59. The first-order valence-electron chi connectivity index (χ1n) is 7.87. The number of hydrogen-bond donors (Lipinski definition) is 2. The van der Waals surface area contributed by atoms with Gasteiger partial charge < -0.3 is 15.4 Å². The zero-order valence-corrected chi connectivity index (χ0v) is 15.0. The van der Waals surface area contributed by atoms with Gasteiger partial charge in [0.15, 0.2) is 0 Å². The molecule has 2 N–H and O–H groups in total. The number of rotatable bonds is 5. The number of nitrogens with zero attached hydrogens (tertiary/aromatic N) is 2.